The molecule has 9 heteroatoms. The van der Waals surface area contributed by atoms with Crippen molar-refractivity contribution in [1.29, 1.82) is 0 Å². The summed E-state index contributed by atoms with van der Waals surface area (Å²) in [4.78, 5) is 15.3. The lowest BCUT2D eigenvalue weighted by Crippen LogP contribution is -2.63. The lowest BCUT2D eigenvalue weighted by atomic mass is 9.97. The number of ether oxygens (including phenoxy) is 2. The number of nitrogens with zero attached hydrogens (tertiary/aromatic N) is 4. The minimum absolute atomic E-state index is 0.352. The number of hydrogen-bond acceptors (Lipinski definition) is 9. The van der Waals surface area contributed by atoms with Crippen molar-refractivity contribution in [2.24, 2.45) is 16.5 Å². The van der Waals surface area contributed by atoms with Gasteiger partial charge in [-0.2, -0.15) is 0 Å². The number of aromatic nitrogens is 2. The molecular weight excluding hydrogens is 382 g/mol. The number of aliphatic imine (C=N–C) groups is 1. The van der Waals surface area contributed by atoms with Crippen molar-refractivity contribution in [3.63, 3.8) is 0 Å². The Balaban J connectivity index is 1.36. The van der Waals surface area contributed by atoms with E-state index in [4.69, 9.17) is 20.9 Å². The number of nitrogens with two attached hydrogens (primary N) is 2. The minimum Gasteiger partial charge on any atom is -0.489 e. The maximum atomic E-state index is 6.37. The molecule has 2 aliphatic rings. The molecule has 0 spiro atoms. The Morgan fingerprint density at radius 2 is 2.00 bits per heavy atom. The summed E-state index contributed by atoms with van der Waals surface area (Å²) in [6.45, 7) is 4.93. The third-order valence-corrected chi connectivity index (χ3v) is 5.16. The second-order valence-corrected chi connectivity index (χ2v) is 7.37. The van der Waals surface area contributed by atoms with Crippen LogP contribution in [0.25, 0.3) is 11.4 Å². The number of nitrogens with one attached hydrogen (secondary N) is 1. The zero-order valence-electron chi connectivity index (χ0n) is 16.8. The molecule has 0 amide bonds. The van der Waals surface area contributed by atoms with Gasteiger partial charge in [-0.25, -0.2) is 15.0 Å². The van der Waals surface area contributed by atoms with Gasteiger partial charge in [-0.1, -0.05) is 18.2 Å². The second-order valence-electron chi connectivity index (χ2n) is 7.37. The highest BCUT2D eigenvalue weighted by molar-refractivity contribution is 5.91. The van der Waals surface area contributed by atoms with E-state index in [0.29, 0.717) is 30.4 Å². The van der Waals surface area contributed by atoms with Crippen LogP contribution in [0, 0.1) is 0 Å². The molecule has 4 rings (SSSR count). The van der Waals surface area contributed by atoms with E-state index in [1.165, 1.54) is 0 Å². The van der Waals surface area contributed by atoms with E-state index < -0.39 is 5.66 Å². The molecule has 1 unspecified atom stereocenters. The molecular formula is C21H27N7O2. The highest BCUT2D eigenvalue weighted by Gasteiger charge is 2.30. The van der Waals surface area contributed by atoms with Crippen LogP contribution in [0.2, 0.25) is 0 Å². The molecule has 0 saturated carbocycles. The standard InChI is InChI=1S/C21H27N7O2/c22-20-21(23,27-5-4-24-20)13-16-2-1-3-17(12-16)19-25-14-18(15-26-19)30-11-8-28-6-9-29-10-7-28/h1-5,12,14-15,27H,6-11,13,23H2,(H2,22,24). The molecule has 1 saturated heterocycles. The Bertz CT molecular complexity index is 910. The van der Waals surface area contributed by atoms with E-state index in [-0.39, 0.29) is 0 Å². The Hall–Kier alpha value is -3.01. The maximum absolute atomic E-state index is 6.37. The Labute approximate surface area is 175 Å². The van der Waals surface area contributed by atoms with E-state index >= 15 is 0 Å². The van der Waals surface area contributed by atoms with Gasteiger partial charge < -0.3 is 26.3 Å². The molecule has 1 aromatic heterocycles. The van der Waals surface area contributed by atoms with Crippen LogP contribution in [-0.4, -0.2) is 65.8 Å². The zero-order chi connectivity index (χ0) is 20.8. The molecule has 9 nitrogen and oxygen atoms in total. The largest absolute Gasteiger partial charge is 0.489 e. The molecule has 2 aliphatic heterocycles. The zero-order valence-corrected chi connectivity index (χ0v) is 16.8. The Kier molecular flexibility index (Phi) is 6.22. The summed E-state index contributed by atoms with van der Waals surface area (Å²) < 4.78 is 11.1. The van der Waals surface area contributed by atoms with Crippen molar-refractivity contribution >= 4 is 5.84 Å². The van der Waals surface area contributed by atoms with Crippen LogP contribution in [0.4, 0.5) is 0 Å². The smallest absolute Gasteiger partial charge is 0.159 e. The normalized spacial score (nSPS) is 21.7. The van der Waals surface area contributed by atoms with Crippen molar-refractivity contribution in [3.8, 4) is 17.1 Å². The van der Waals surface area contributed by atoms with E-state index in [9.17, 15) is 0 Å². The number of hydrogen-bond donors (Lipinski definition) is 3. The van der Waals surface area contributed by atoms with Gasteiger partial charge in [0.1, 0.15) is 18.1 Å². The molecule has 0 radical (unpaired) electrons. The average molecular weight is 409 g/mol. The van der Waals surface area contributed by atoms with Crippen LogP contribution in [-0.2, 0) is 11.2 Å². The van der Waals surface area contributed by atoms with Gasteiger partial charge in [0.05, 0.1) is 25.6 Å². The molecule has 0 aliphatic carbocycles. The van der Waals surface area contributed by atoms with Gasteiger partial charge in [0.2, 0.25) is 0 Å². The summed E-state index contributed by atoms with van der Waals surface area (Å²) in [5.74, 6) is 1.64. The van der Waals surface area contributed by atoms with E-state index in [0.717, 1.165) is 44.0 Å². The first-order chi connectivity index (χ1) is 14.6. The van der Waals surface area contributed by atoms with Crippen molar-refractivity contribution in [2.75, 3.05) is 39.5 Å². The molecule has 158 valence electrons. The lowest BCUT2D eigenvalue weighted by molar-refractivity contribution is 0.0322. The van der Waals surface area contributed by atoms with Crippen LogP contribution < -0.4 is 21.5 Å². The molecule has 1 fully saturated rings. The van der Waals surface area contributed by atoms with Gasteiger partial charge >= 0.3 is 0 Å². The highest BCUT2D eigenvalue weighted by Crippen LogP contribution is 2.20. The predicted octanol–water partition coefficient (Wildman–Crippen LogP) is 0.484. The monoisotopic (exact) mass is 409 g/mol. The van der Waals surface area contributed by atoms with Gasteiger partial charge in [0.25, 0.3) is 0 Å². The number of benzene rings is 1. The van der Waals surface area contributed by atoms with E-state index in [1.807, 2.05) is 24.3 Å². The van der Waals surface area contributed by atoms with Crippen LogP contribution in [0.5, 0.6) is 5.75 Å². The molecule has 0 bridgehead atoms. The summed E-state index contributed by atoms with van der Waals surface area (Å²) in [5, 5.41) is 3.09. The number of rotatable bonds is 7. The van der Waals surface area contributed by atoms with Crippen molar-refractivity contribution in [1.82, 2.24) is 20.2 Å². The Morgan fingerprint density at radius 1 is 1.20 bits per heavy atom. The summed E-state index contributed by atoms with van der Waals surface area (Å²) >= 11 is 0. The van der Waals surface area contributed by atoms with Crippen molar-refractivity contribution in [3.05, 3.63) is 54.6 Å². The highest BCUT2D eigenvalue weighted by atomic mass is 16.5. The first kappa shape index (κ1) is 20.3. The molecule has 30 heavy (non-hydrogen) atoms. The average Bonchev–Trinajstić information content (AvgIpc) is 2.77. The van der Waals surface area contributed by atoms with Crippen LogP contribution in [0.1, 0.15) is 5.56 Å². The van der Waals surface area contributed by atoms with E-state index in [2.05, 4.69) is 25.2 Å². The fraction of sp³-hybridized carbons (Fsp3) is 0.381. The maximum Gasteiger partial charge on any atom is 0.159 e. The minimum atomic E-state index is -0.910. The van der Waals surface area contributed by atoms with Crippen LogP contribution >= 0.6 is 0 Å². The van der Waals surface area contributed by atoms with Crippen LogP contribution in [0.15, 0.2) is 54.1 Å². The summed E-state index contributed by atoms with van der Waals surface area (Å²) in [6, 6.07) is 7.92. The van der Waals surface area contributed by atoms with Gasteiger partial charge in [-0.05, 0) is 11.6 Å². The molecule has 2 aromatic rings. The Morgan fingerprint density at radius 3 is 2.77 bits per heavy atom. The lowest BCUT2D eigenvalue weighted by Gasteiger charge is -2.31. The first-order valence-electron chi connectivity index (χ1n) is 10.0. The summed E-state index contributed by atoms with van der Waals surface area (Å²) in [7, 11) is 0. The molecule has 1 aromatic carbocycles. The van der Waals surface area contributed by atoms with Crippen molar-refractivity contribution < 1.29 is 9.47 Å². The fourth-order valence-corrected chi connectivity index (χ4v) is 3.43. The number of amidine groups is 1. The summed E-state index contributed by atoms with van der Waals surface area (Å²) in [6.07, 6.45) is 7.19. The van der Waals surface area contributed by atoms with Gasteiger partial charge in [0.15, 0.2) is 11.6 Å². The van der Waals surface area contributed by atoms with Gasteiger partial charge in [-0.15, -0.1) is 0 Å². The molecule has 1 atom stereocenters. The fourth-order valence-electron chi connectivity index (χ4n) is 3.43. The molecule has 5 N–H and O–H groups in total. The third-order valence-electron chi connectivity index (χ3n) is 5.16. The second kappa shape index (κ2) is 9.21. The van der Waals surface area contributed by atoms with Gasteiger partial charge in [-0.3, -0.25) is 4.90 Å². The van der Waals surface area contributed by atoms with Crippen molar-refractivity contribution in [2.45, 2.75) is 12.1 Å². The number of morpholine rings is 1. The first-order valence-corrected chi connectivity index (χ1v) is 10.0. The van der Waals surface area contributed by atoms with E-state index in [1.54, 1.807) is 24.8 Å². The predicted molar refractivity (Wildman–Crippen MR) is 115 cm³/mol. The quantitative estimate of drug-likeness (QED) is 0.603. The molecule has 3 heterocycles. The van der Waals surface area contributed by atoms with Gasteiger partial charge in [0, 0.05) is 44.0 Å². The van der Waals surface area contributed by atoms with Crippen LogP contribution in [0.3, 0.4) is 0 Å². The third kappa shape index (κ3) is 4.93. The summed E-state index contributed by atoms with van der Waals surface area (Å²) in [5.41, 5.74) is 13.3. The SMILES string of the molecule is NC1=NC=CNC1(N)Cc1cccc(-c2ncc(OCCN3CCOCC3)cn2)c1. The topological polar surface area (TPSA) is 124 Å².